The van der Waals surface area contributed by atoms with E-state index in [1.165, 1.54) is 11.1 Å². The first-order valence-corrected chi connectivity index (χ1v) is 8.89. The molecule has 1 N–H and O–H groups in total. The Morgan fingerprint density at radius 3 is 2.52 bits per heavy atom. The average Bonchev–Trinajstić information content (AvgIpc) is 2.51. The summed E-state index contributed by atoms with van der Waals surface area (Å²) in [5.74, 6) is 1.95. The molecule has 0 aliphatic rings. The third-order valence-corrected chi connectivity index (χ3v) is 4.15. The molecule has 0 unspecified atom stereocenters. The van der Waals surface area contributed by atoms with Crippen molar-refractivity contribution in [2.45, 2.75) is 32.6 Å². The molecule has 2 rings (SSSR count). The number of ether oxygens (including phenoxy) is 1. The number of anilines is 1. The van der Waals surface area contributed by atoms with Crippen LogP contribution in [0, 0.1) is 6.92 Å². The van der Waals surface area contributed by atoms with Crippen LogP contribution in [-0.4, -0.2) is 17.8 Å². The number of rotatable bonds is 7. The molecule has 0 spiro atoms. The molecule has 2 aromatic rings. The van der Waals surface area contributed by atoms with Crippen LogP contribution in [0.15, 0.2) is 48.5 Å². The molecule has 0 atom stereocenters. The summed E-state index contributed by atoms with van der Waals surface area (Å²) in [6.45, 7) is 6.01. The quantitative estimate of drug-likeness (QED) is 0.803. The van der Waals surface area contributed by atoms with Gasteiger partial charge in [0.05, 0.1) is 17.5 Å². The fraction of sp³-hybridized carbons (Fsp3) is 0.316. The standard InChI is InChI=1S/C19H23NO2S/c1-14(2)22-18-7-5-4-6-17(18)20-19(21)13-23-12-16-10-8-15(3)9-11-16/h4-11,14H,12-13H2,1-3H3,(H,20,21). The molecule has 4 heteroatoms. The monoisotopic (exact) mass is 329 g/mol. The summed E-state index contributed by atoms with van der Waals surface area (Å²) in [5.41, 5.74) is 3.21. The van der Waals surface area contributed by atoms with Gasteiger partial charge in [-0.3, -0.25) is 4.79 Å². The van der Waals surface area contributed by atoms with Crippen molar-refractivity contribution in [3.8, 4) is 5.75 Å². The second-order valence-electron chi connectivity index (χ2n) is 5.69. The Hall–Kier alpha value is -1.94. The van der Waals surface area contributed by atoms with Crippen molar-refractivity contribution in [2.24, 2.45) is 0 Å². The normalized spacial score (nSPS) is 10.6. The van der Waals surface area contributed by atoms with E-state index in [4.69, 9.17) is 4.74 Å². The number of carbonyl (C=O) groups is 1. The first-order valence-electron chi connectivity index (χ1n) is 7.73. The molecule has 23 heavy (non-hydrogen) atoms. The second kappa shape index (κ2) is 8.63. The van der Waals surface area contributed by atoms with Crippen molar-refractivity contribution in [1.82, 2.24) is 0 Å². The fourth-order valence-corrected chi connectivity index (χ4v) is 2.85. The lowest BCUT2D eigenvalue weighted by molar-refractivity contribution is -0.113. The number of hydrogen-bond donors (Lipinski definition) is 1. The summed E-state index contributed by atoms with van der Waals surface area (Å²) in [4.78, 5) is 12.1. The van der Waals surface area contributed by atoms with Crippen LogP contribution in [0.1, 0.15) is 25.0 Å². The van der Waals surface area contributed by atoms with Crippen molar-refractivity contribution in [3.05, 3.63) is 59.7 Å². The van der Waals surface area contributed by atoms with Gasteiger partial charge in [0, 0.05) is 5.75 Å². The van der Waals surface area contributed by atoms with E-state index in [2.05, 4.69) is 36.5 Å². The minimum atomic E-state index is -0.0121. The maximum atomic E-state index is 12.1. The molecule has 122 valence electrons. The van der Waals surface area contributed by atoms with Crippen LogP contribution in [-0.2, 0) is 10.5 Å². The third-order valence-electron chi connectivity index (χ3n) is 3.15. The maximum Gasteiger partial charge on any atom is 0.234 e. The molecular weight excluding hydrogens is 306 g/mol. The highest BCUT2D eigenvalue weighted by Crippen LogP contribution is 2.25. The molecule has 0 saturated heterocycles. The Morgan fingerprint density at radius 2 is 1.83 bits per heavy atom. The van der Waals surface area contributed by atoms with E-state index in [0.717, 1.165) is 11.4 Å². The van der Waals surface area contributed by atoms with Crippen LogP contribution in [0.5, 0.6) is 5.75 Å². The van der Waals surface area contributed by atoms with E-state index in [-0.39, 0.29) is 12.0 Å². The van der Waals surface area contributed by atoms with Gasteiger partial charge in [0.25, 0.3) is 0 Å². The van der Waals surface area contributed by atoms with Crippen LogP contribution in [0.4, 0.5) is 5.69 Å². The summed E-state index contributed by atoms with van der Waals surface area (Å²) in [7, 11) is 0. The lowest BCUT2D eigenvalue weighted by Gasteiger charge is -2.14. The Kier molecular flexibility index (Phi) is 6.53. The van der Waals surface area contributed by atoms with Crippen molar-refractivity contribution in [2.75, 3.05) is 11.1 Å². The summed E-state index contributed by atoms with van der Waals surface area (Å²) in [6, 6.07) is 15.9. The number of amides is 1. The number of nitrogens with one attached hydrogen (secondary N) is 1. The minimum Gasteiger partial charge on any atom is -0.489 e. The molecule has 0 aromatic heterocycles. The van der Waals surface area contributed by atoms with Gasteiger partial charge in [-0.05, 0) is 38.5 Å². The molecule has 3 nitrogen and oxygen atoms in total. The zero-order valence-electron chi connectivity index (χ0n) is 13.8. The topological polar surface area (TPSA) is 38.3 Å². The Bertz CT molecular complexity index is 638. The van der Waals surface area contributed by atoms with Gasteiger partial charge in [-0.15, -0.1) is 11.8 Å². The van der Waals surface area contributed by atoms with E-state index in [9.17, 15) is 4.79 Å². The summed E-state index contributed by atoms with van der Waals surface area (Å²) in [6.07, 6.45) is 0.0731. The van der Waals surface area contributed by atoms with E-state index in [1.54, 1.807) is 11.8 Å². The van der Waals surface area contributed by atoms with Gasteiger partial charge in [0.15, 0.2) is 0 Å². The molecule has 0 bridgehead atoms. The van der Waals surface area contributed by atoms with Crippen molar-refractivity contribution in [3.63, 3.8) is 0 Å². The molecule has 0 fully saturated rings. The highest BCUT2D eigenvalue weighted by molar-refractivity contribution is 7.99. The number of carbonyl (C=O) groups excluding carboxylic acids is 1. The van der Waals surface area contributed by atoms with Crippen molar-refractivity contribution in [1.29, 1.82) is 0 Å². The van der Waals surface area contributed by atoms with Gasteiger partial charge in [0.1, 0.15) is 5.75 Å². The lowest BCUT2D eigenvalue weighted by Crippen LogP contribution is -2.16. The number of aryl methyl sites for hydroxylation is 1. The van der Waals surface area contributed by atoms with Gasteiger partial charge in [-0.1, -0.05) is 42.0 Å². The number of thioether (sulfide) groups is 1. The smallest absolute Gasteiger partial charge is 0.234 e. The Labute approximate surface area is 142 Å². The molecule has 0 saturated carbocycles. The number of hydrogen-bond acceptors (Lipinski definition) is 3. The Balaban J connectivity index is 1.84. The fourth-order valence-electron chi connectivity index (χ4n) is 2.06. The first kappa shape index (κ1) is 17.4. The van der Waals surface area contributed by atoms with Crippen LogP contribution >= 0.6 is 11.8 Å². The minimum absolute atomic E-state index is 0.0121. The van der Waals surface area contributed by atoms with E-state index in [0.29, 0.717) is 11.5 Å². The summed E-state index contributed by atoms with van der Waals surface area (Å²) < 4.78 is 5.71. The highest BCUT2D eigenvalue weighted by Gasteiger charge is 2.09. The highest BCUT2D eigenvalue weighted by atomic mass is 32.2. The predicted molar refractivity (Wildman–Crippen MR) is 98.2 cm³/mol. The van der Waals surface area contributed by atoms with E-state index >= 15 is 0 Å². The second-order valence-corrected chi connectivity index (χ2v) is 6.67. The molecule has 0 aliphatic heterocycles. The number of para-hydroxylation sites is 2. The molecule has 0 aliphatic carbocycles. The molecule has 0 radical (unpaired) electrons. The van der Waals surface area contributed by atoms with Gasteiger partial charge in [0.2, 0.25) is 5.91 Å². The van der Waals surface area contributed by atoms with Crippen molar-refractivity contribution >= 4 is 23.4 Å². The molecule has 2 aromatic carbocycles. The first-order chi connectivity index (χ1) is 11.0. The van der Waals surface area contributed by atoms with E-state index in [1.807, 2.05) is 38.1 Å². The van der Waals surface area contributed by atoms with Crippen LogP contribution < -0.4 is 10.1 Å². The van der Waals surface area contributed by atoms with Crippen LogP contribution in [0.25, 0.3) is 0 Å². The SMILES string of the molecule is Cc1ccc(CSCC(=O)Nc2ccccc2OC(C)C)cc1. The molecular formula is C19H23NO2S. The molecule has 0 heterocycles. The van der Waals surface area contributed by atoms with E-state index < -0.39 is 0 Å². The summed E-state index contributed by atoms with van der Waals surface area (Å²) >= 11 is 1.61. The average molecular weight is 329 g/mol. The van der Waals surface area contributed by atoms with Gasteiger partial charge in [-0.2, -0.15) is 0 Å². The largest absolute Gasteiger partial charge is 0.489 e. The summed E-state index contributed by atoms with van der Waals surface area (Å²) in [5, 5.41) is 2.93. The van der Waals surface area contributed by atoms with Gasteiger partial charge >= 0.3 is 0 Å². The van der Waals surface area contributed by atoms with Crippen molar-refractivity contribution < 1.29 is 9.53 Å². The van der Waals surface area contributed by atoms with Gasteiger partial charge < -0.3 is 10.1 Å². The zero-order valence-corrected chi connectivity index (χ0v) is 14.7. The predicted octanol–water partition coefficient (Wildman–Crippen LogP) is 4.65. The van der Waals surface area contributed by atoms with Crippen LogP contribution in [0.2, 0.25) is 0 Å². The molecule has 1 amide bonds. The Morgan fingerprint density at radius 1 is 1.13 bits per heavy atom. The zero-order chi connectivity index (χ0) is 16.7. The lowest BCUT2D eigenvalue weighted by atomic mass is 10.2. The number of benzene rings is 2. The van der Waals surface area contributed by atoms with Crippen LogP contribution in [0.3, 0.4) is 0 Å². The third kappa shape index (κ3) is 5.99. The maximum absolute atomic E-state index is 12.1. The van der Waals surface area contributed by atoms with Gasteiger partial charge in [-0.25, -0.2) is 0 Å².